The second kappa shape index (κ2) is 10.8. The van der Waals surface area contributed by atoms with Crippen LogP contribution in [0.15, 0.2) is 54.6 Å². The zero-order chi connectivity index (χ0) is 20.4. The Bertz CT molecular complexity index is 819. The first-order chi connectivity index (χ1) is 13.6. The van der Waals surface area contributed by atoms with E-state index in [2.05, 4.69) is 5.32 Å². The molecule has 0 unspecified atom stereocenters. The number of ether oxygens (including phenoxy) is 2. The highest BCUT2D eigenvalue weighted by Crippen LogP contribution is 2.24. The Labute approximate surface area is 165 Å². The highest BCUT2D eigenvalue weighted by atomic mass is 16.5. The molecular weight excluding hydrogens is 356 g/mol. The average molecular weight is 382 g/mol. The Morgan fingerprint density at radius 2 is 1.82 bits per heavy atom. The molecule has 0 spiro atoms. The molecule has 2 rings (SSSR count). The monoisotopic (exact) mass is 382 g/mol. The van der Waals surface area contributed by atoms with Crippen LogP contribution >= 0.6 is 0 Å². The Morgan fingerprint density at radius 1 is 1.07 bits per heavy atom. The van der Waals surface area contributed by atoms with E-state index in [1.807, 2.05) is 37.3 Å². The van der Waals surface area contributed by atoms with E-state index in [9.17, 15) is 9.59 Å². The molecule has 1 N–H and O–H groups in total. The largest absolute Gasteiger partial charge is 0.497 e. The van der Waals surface area contributed by atoms with Crippen LogP contribution in [0.5, 0.6) is 11.5 Å². The van der Waals surface area contributed by atoms with E-state index in [0.717, 1.165) is 5.56 Å². The summed E-state index contributed by atoms with van der Waals surface area (Å²) in [7, 11) is 3.13. The first kappa shape index (κ1) is 21.0. The second-order valence-corrected chi connectivity index (χ2v) is 6.05. The van der Waals surface area contributed by atoms with E-state index in [1.165, 1.54) is 6.08 Å². The number of methoxy groups -OCH3 is 2. The number of likely N-dealkylation sites (N-methyl/N-ethyl adjacent to an activating group) is 1. The summed E-state index contributed by atoms with van der Waals surface area (Å²) in [6, 6.07) is 15.1. The van der Waals surface area contributed by atoms with Crippen LogP contribution in [-0.4, -0.2) is 44.0 Å². The highest BCUT2D eigenvalue weighted by molar-refractivity contribution is 5.94. The quantitative estimate of drug-likeness (QED) is 0.677. The number of carbonyl (C=O) groups is 2. The maximum absolute atomic E-state index is 12.4. The van der Waals surface area contributed by atoms with Crippen molar-refractivity contribution >= 4 is 17.9 Å². The number of rotatable bonds is 9. The number of hydrogen-bond acceptors (Lipinski definition) is 4. The van der Waals surface area contributed by atoms with Gasteiger partial charge in [-0.25, -0.2) is 0 Å². The van der Waals surface area contributed by atoms with Crippen molar-refractivity contribution in [1.29, 1.82) is 0 Å². The van der Waals surface area contributed by atoms with Gasteiger partial charge >= 0.3 is 0 Å². The normalized spacial score (nSPS) is 10.5. The number of hydrogen-bond donors (Lipinski definition) is 1. The van der Waals surface area contributed by atoms with Gasteiger partial charge in [0.05, 0.1) is 20.8 Å². The van der Waals surface area contributed by atoms with Gasteiger partial charge in [-0.3, -0.25) is 9.59 Å². The lowest BCUT2D eigenvalue weighted by atomic mass is 10.1. The second-order valence-electron chi connectivity index (χ2n) is 6.05. The topological polar surface area (TPSA) is 67.9 Å². The third-order valence-corrected chi connectivity index (χ3v) is 4.22. The first-order valence-corrected chi connectivity index (χ1v) is 9.07. The van der Waals surface area contributed by atoms with Crippen molar-refractivity contribution in [3.8, 4) is 11.5 Å². The van der Waals surface area contributed by atoms with Crippen molar-refractivity contribution < 1.29 is 19.1 Å². The summed E-state index contributed by atoms with van der Waals surface area (Å²) in [4.78, 5) is 26.2. The fraction of sp³-hybridized carbons (Fsp3) is 0.273. The molecule has 0 saturated carbocycles. The zero-order valence-corrected chi connectivity index (χ0v) is 16.5. The summed E-state index contributed by atoms with van der Waals surface area (Å²) in [5.74, 6) is 0.803. The molecule has 0 aromatic heterocycles. The van der Waals surface area contributed by atoms with Gasteiger partial charge in [-0.2, -0.15) is 0 Å². The minimum Gasteiger partial charge on any atom is -0.497 e. The van der Waals surface area contributed by atoms with Gasteiger partial charge in [-0.15, -0.1) is 0 Å². The van der Waals surface area contributed by atoms with E-state index in [4.69, 9.17) is 9.47 Å². The third-order valence-electron chi connectivity index (χ3n) is 4.22. The molecule has 28 heavy (non-hydrogen) atoms. The van der Waals surface area contributed by atoms with E-state index in [0.29, 0.717) is 30.2 Å². The Balaban J connectivity index is 1.92. The van der Waals surface area contributed by atoms with E-state index in [1.54, 1.807) is 43.4 Å². The fourth-order valence-electron chi connectivity index (χ4n) is 2.65. The van der Waals surface area contributed by atoms with Gasteiger partial charge in [-0.05, 0) is 36.8 Å². The molecule has 6 nitrogen and oxygen atoms in total. The number of carbonyl (C=O) groups excluding carboxylic acids is 2. The summed E-state index contributed by atoms with van der Waals surface area (Å²) in [6.45, 7) is 2.94. The van der Waals surface area contributed by atoms with Crippen molar-refractivity contribution in [2.75, 3.05) is 27.3 Å². The lowest BCUT2D eigenvalue weighted by molar-refractivity contribution is -0.132. The van der Waals surface area contributed by atoms with E-state index < -0.39 is 0 Å². The first-order valence-electron chi connectivity index (χ1n) is 9.07. The van der Waals surface area contributed by atoms with Crippen LogP contribution in [0.3, 0.4) is 0 Å². The Kier molecular flexibility index (Phi) is 8.09. The SMILES string of the molecule is CCN(Cc1ccccc1)C(=O)CNC(=O)/C=C/c1cc(OC)ccc1OC. The lowest BCUT2D eigenvalue weighted by Gasteiger charge is -2.21. The number of nitrogens with one attached hydrogen (secondary N) is 1. The van der Waals surface area contributed by atoms with Gasteiger partial charge in [0, 0.05) is 24.7 Å². The predicted octanol–water partition coefficient (Wildman–Crippen LogP) is 2.88. The van der Waals surface area contributed by atoms with E-state index in [-0.39, 0.29) is 18.4 Å². The minimum atomic E-state index is -0.353. The maximum Gasteiger partial charge on any atom is 0.244 e. The summed E-state index contributed by atoms with van der Waals surface area (Å²) < 4.78 is 10.5. The third kappa shape index (κ3) is 6.16. The molecule has 0 aliphatic heterocycles. The summed E-state index contributed by atoms with van der Waals surface area (Å²) in [5, 5.41) is 2.63. The molecule has 0 bridgehead atoms. The molecule has 6 heteroatoms. The number of benzene rings is 2. The van der Waals surface area contributed by atoms with Crippen molar-refractivity contribution in [2.45, 2.75) is 13.5 Å². The van der Waals surface area contributed by atoms with Crippen molar-refractivity contribution in [2.24, 2.45) is 0 Å². The molecule has 2 amide bonds. The molecular formula is C22H26N2O4. The Hall–Kier alpha value is -3.28. The number of amides is 2. The number of nitrogens with zero attached hydrogens (tertiary/aromatic N) is 1. The standard InChI is InChI=1S/C22H26N2O4/c1-4-24(16-17-8-6-5-7-9-17)22(26)15-23-21(25)13-10-18-14-19(27-2)11-12-20(18)28-3/h5-14H,4,15-16H2,1-3H3,(H,23,25)/b13-10+. The van der Waals surface area contributed by atoms with Crippen molar-refractivity contribution in [1.82, 2.24) is 10.2 Å². The molecule has 0 radical (unpaired) electrons. The van der Waals surface area contributed by atoms with Gasteiger partial charge in [0.2, 0.25) is 11.8 Å². The van der Waals surface area contributed by atoms with Crippen LogP contribution in [0, 0.1) is 0 Å². The van der Waals surface area contributed by atoms with Gasteiger partial charge < -0.3 is 19.7 Å². The molecule has 0 aliphatic rings. The summed E-state index contributed by atoms with van der Waals surface area (Å²) in [5.41, 5.74) is 1.76. The van der Waals surface area contributed by atoms with Crippen molar-refractivity contribution in [3.05, 3.63) is 65.7 Å². The van der Waals surface area contributed by atoms with Gasteiger partial charge in [0.25, 0.3) is 0 Å². The molecule has 0 aliphatic carbocycles. The zero-order valence-electron chi connectivity index (χ0n) is 16.5. The van der Waals surface area contributed by atoms with E-state index >= 15 is 0 Å². The van der Waals surface area contributed by atoms with Crippen LogP contribution in [0.2, 0.25) is 0 Å². The molecule has 0 saturated heterocycles. The Morgan fingerprint density at radius 3 is 2.46 bits per heavy atom. The van der Waals surface area contributed by atoms with Crippen LogP contribution < -0.4 is 14.8 Å². The average Bonchev–Trinajstić information content (AvgIpc) is 2.74. The molecule has 2 aromatic rings. The molecule has 0 heterocycles. The molecule has 0 fully saturated rings. The molecule has 148 valence electrons. The fourth-order valence-corrected chi connectivity index (χ4v) is 2.65. The summed E-state index contributed by atoms with van der Waals surface area (Å²) in [6.07, 6.45) is 3.00. The minimum absolute atomic E-state index is 0.0565. The molecule has 0 atom stereocenters. The van der Waals surface area contributed by atoms with Gasteiger partial charge in [-0.1, -0.05) is 30.3 Å². The summed E-state index contributed by atoms with van der Waals surface area (Å²) >= 11 is 0. The van der Waals surface area contributed by atoms with Gasteiger partial charge in [0.1, 0.15) is 11.5 Å². The predicted molar refractivity (Wildman–Crippen MR) is 109 cm³/mol. The highest BCUT2D eigenvalue weighted by Gasteiger charge is 2.12. The molecule has 2 aromatic carbocycles. The van der Waals surface area contributed by atoms with Crippen LogP contribution in [0.25, 0.3) is 6.08 Å². The van der Waals surface area contributed by atoms with Gasteiger partial charge in [0.15, 0.2) is 0 Å². The van der Waals surface area contributed by atoms with Crippen molar-refractivity contribution in [3.63, 3.8) is 0 Å². The van der Waals surface area contributed by atoms with Crippen LogP contribution in [0.4, 0.5) is 0 Å². The lowest BCUT2D eigenvalue weighted by Crippen LogP contribution is -2.39. The maximum atomic E-state index is 12.4. The smallest absolute Gasteiger partial charge is 0.244 e. The van der Waals surface area contributed by atoms with Crippen LogP contribution in [0.1, 0.15) is 18.1 Å². The van der Waals surface area contributed by atoms with Crippen LogP contribution in [-0.2, 0) is 16.1 Å².